The monoisotopic (exact) mass is 297 g/mol. The molecule has 0 saturated carbocycles. The van der Waals surface area contributed by atoms with Gasteiger partial charge in [-0.25, -0.2) is 0 Å². The summed E-state index contributed by atoms with van der Waals surface area (Å²) >= 11 is 7.58. The predicted molar refractivity (Wildman–Crippen MR) is 77.7 cm³/mol. The largest absolute Gasteiger partial charge is 0.383 e. The Morgan fingerprint density at radius 2 is 2.16 bits per heavy atom. The maximum Gasteiger partial charge on any atom is 0.131 e. The number of rotatable bonds is 7. The van der Waals surface area contributed by atoms with Crippen LogP contribution in [0.3, 0.4) is 0 Å². The molecule has 0 saturated heterocycles. The van der Waals surface area contributed by atoms with Gasteiger partial charge in [0.25, 0.3) is 0 Å². The van der Waals surface area contributed by atoms with Gasteiger partial charge in [-0.1, -0.05) is 35.1 Å². The SMILES string of the molecule is COCCNCc1nnc(Cc2cccc(Cl)c2)s1. The maximum atomic E-state index is 5.96. The molecular formula is C13H16ClN3OS. The number of benzene rings is 1. The van der Waals surface area contributed by atoms with Crippen LogP contribution in [0.25, 0.3) is 0 Å². The quantitative estimate of drug-likeness (QED) is 0.798. The van der Waals surface area contributed by atoms with Crippen molar-refractivity contribution < 1.29 is 4.74 Å². The smallest absolute Gasteiger partial charge is 0.131 e. The van der Waals surface area contributed by atoms with Crippen LogP contribution in [-0.2, 0) is 17.7 Å². The third-order valence-electron chi connectivity index (χ3n) is 2.51. The Bertz CT molecular complexity index is 518. The topological polar surface area (TPSA) is 47.0 Å². The van der Waals surface area contributed by atoms with Crippen molar-refractivity contribution in [3.8, 4) is 0 Å². The zero-order valence-corrected chi connectivity index (χ0v) is 12.3. The van der Waals surface area contributed by atoms with E-state index >= 15 is 0 Å². The number of hydrogen-bond acceptors (Lipinski definition) is 5. The van der Waals surface area contributed by atoms with E-state index in [1.54, 1.807) is 18.4 Å². The van der Waals surface area contributed by atoms with Crippen molar-refractivity contribution in [1.82, 2.24) is 15.5 Å². The zero-order chi connectivity index (χ0) is 13.5. The van der Waals surface area contributed by atoms with Crippen LogP contribution in [-0.4, -0.2) is 30.5 Å². The fourth-order valence-corrected chi connectivity index (χ4v) is 2.68. The third kappa shape index (κ3) is 4.87. The fourth-order valence-electron chi connectivity index (χ4n) is 1.62. The lowest BCUT2D eigenvalue weighted by atomic mass is 10.2. The molecule has 0 aliphatic rings. The lowest BCUT2D eigenvalue weighted by Gasteiger charge is -1.99. The second kappa shape index (κ2) is 7.55. The highest BCUT2D eigenvalue weighted by atomic mass is 35.5. The van der Waals surface area contributed by atoms with Crippen molar-refractivity contribution in [2.75, 3.05) is 20.3 Å². The van der Waals surface area contributed by atoms with Crippen LogP contribution in [0.2, 0.25) is 5.02 Å². The molecule has 2 rings (SSSR count). The summed E-state index contributed by atoms with van der Waals surface area (Å²) in [5.41, 5.74) is 1.16. The van der Waals surface area contributed by atoms with E-state index in [9.17, 15) is 0 Å². The minimum atomic E-state index is 0.703. The summed E-state index contributed by atoms with van der Waals surface area (Å²) < 4.78 is 4.97. The number of methoxy groups -OCH3 is 1. The molecule has 0 aliphatic carbocycles. The summed E-state index contributed by atoms with van der Waals surface area (Å²) in [5, 5.41) is 14.4. The van der Waals surface area contributed by atoms with Gasteiger partial charge in [0.05, 0.1) is 6.61 Å². The van der Waals surface area contributed by atoms with E-state index in [1.807, 2.05) is 24.3 Å². The molecule has 0 bridgehead atoms. The number of nitrogens with one attached hydrogen (secondary N) is 1. The molecule has 1 heterocycles. The molecule has 4 nitrogen and oxygen atoms in total. The highest BCUT2D eigenvalue weighted by molar-refractivity contribution is 7.11. The summed E-state index contributed by atoms with van der Waals surface area (Å²) in [4.78, 5) is 0. The predicted octanol–water partition coefficient (Wildman–Crippen LogP) is 2.52. The van der Waals surface area contributed by atoms with Gasteiger partial charge in [-0.05, 0) is 17.7 Å². The van der Waals surface area contributed by atoms with Gasteiger partial charge in [-0.2, -0.15) is 0 Å². The highest BCUT2D eigenvalue weighted by Gasteiger charge is 2.05. The lowest BCUT2D eigenvalue weighted by molar-refractivity contribution is 0.199. The number of aromatic nitrogens is 2. The molecule has 1 N–H and O–H groups in total. The Hall–Kier alpha value is -1.01. The summed E-state index contributed by atoms with van der Waals surface area (Å²) in [7, 11) is 1.69. The van der Waals surface area contributed by atoms with E-state index < -0.39 is 0 Å². The van der Waals surface area contributed by atoms with Gasteiger partial charge in [-0.3, -0.25) is 0 Å². The van der Waals surface area contributed by atoms with Crippen molar-refractivity contribution in [3.05, 3.63) is 44.9 Å². The van der Waals surface area contributed by atoms with Crippen molar-refractivity contribution in [3.63, 3.8) is 0 Å². The van der Waals surface area contributed by atoms with Gasteiger partial charge >= 0.3 is 0 Å². The zero-order valence-electron chi connectivity index (χ0n) is 10.7. The van der Waals surface area contributed by atoms with Gasteiger partial charge in [0.1, 0.15) is 10.0 Å². The van der Waals surface area contributed by atoms with E-state index in [0.29, 0.717) is 6.61 Å². The van der Waals surface area contributed by atoms with Crippen LogP contribution in [0, 0.1) is 0 Å². The fraction of sp³-hybridized carbons (Fsp3) is 0.385. The Morgan fingerprint density at radius 3 is 2.95 bits per heavy atom. The van der Waals surface area contributed by atoms with E-state index in [1.165, 1.54) is 0 Å². The third-order valence-corrected chi connectivity index (χ3v) is 3.67. The molecule has 0 amide bonds. The first kappa shape index (κ1) is 14.4. The molecule has 6 heteroatoms. The van der Waals surface area contributed by atoms with Gasteiger partial charge in [0, 0.05) is 31.6 Å². The van der Waals surface area contributed by atoms with Crippen LogP contribution < -0.4 is 5.32 Å². The van der Waals surface area contributed by atoms with Gasteiger partial charge in [0.2, 0.25) is 0 Å². The van der Waals surface area contributed by atoms with Crippen molar-refractivity contribution in [2.45, 2.75) is 13.0 Å². The van der Waals surface area contributed by atoms with Gasteiger partial charge in [-0.15, -0.1) is 10.2 Å². The van der Waals surface area contributed by atoms with Crippen LogP contribution in [0.1, 0.15) is 15.6 Å². The second-order valence-corrected chi connectivity index (χ2v) is 5.65. The second-order valence-electron chi connectivity index (χ2n) is 4.07. The first-order chi connectivity index (χ1) is 9.28. The first-order valence-electron chi connectivity index (χ1n) is 6.03. The van der Waals surface area contributed by atoms with Crippen LogP contribution in [0.4, 0.5) is 0 Å². The van der Waals surface area contributed by atoms with Crippen molar-refractivity contribution >= 4 is 22.9 Å². The molecule has 1 aromatic carbocycles. The molecule has 1 aromatic heterocycles. The minimum Gasteiger partial charge on any atom is -0.383 e. The molecular weight excluding hydrogens is 282 g/mol. The van der Waals surface area contributed by atoms with Gasteiger partial charge < -0.3 is 10.1 Å². The molecule has 19 heavy (non-hydrogen) atoms. The number of halogens is 1. The summed E-state index contributed by atoms with van der Waals surface area (Å²) in [6.45, 7) is 2.25. The van der Waals surface area contributed by atoms with Crippen molar-refractivity contribution in [2.24, 2.45) is 0 Å². The minimum absolute atomic E-state index is 0.703. The molecule has 0 unspecified atom stereocenters. The molecule has 102 valence electrons. The Labute approximate surface area is 121 Å². The van der Waals surface area contributed by atoms with Gasteiger partial charge in [0.15, 0.2) is 0 Å². The summed E-state index contributed by atoms with van der Waals surface area (Å²) in [6, 6.07) is 7.82. The first-order valence-corrected chi connectivity index (χ1v) is 7.22. The molecule has 0 spiro atoms. The number of hydrogen-bond donors (Lipinski definition) is 1. The average Bonchev–Trinajstić information content (AvgIpc) is 2.82. The van der Waals surface area contributed by atoms with Crippen molar-refractivity contribution in [1.29, 1.82) is 0 Å². The molecule has 0 radical (unpaired) electrons. The molecule has 0 fully saturated rings. The number of nitrogens with zero attached hydrogens (tertiary/aromatic N) is 2. The highest BCUT2D eigenvalue weighted by Crippen LogP contribution is 2.17. The maximum absolute atomic E-state index is 5.96. The molecule has 2 aromatic rings. The van der Waals surface area contributed by atoms with E-state index in [0.717, 1.165) is 40.1 Å². The summed E-state index contributed by atoms with van der Waals surface area (Å²) in [6.07, 6.45) is 0.774. The molecule has 0 atom stereocenters. The Balaban J connectivity index is 1.87. The van der Waals surface area contributed by atoms with Crippen LogP contribution >= 0.6 is 22.9 Å². The Kier molecular flexibility index (Phi) is 5.72. The Morgan fingerprint density at radius 1 is 1.32 bits per heavy atom. The number of ether oxygens (including phenoxy) is 1. The van der Waals surface area contributed by atoms with E-state index in [-0.39, 0.29) is 0 Å². The average molecular weight is 298 g/mol. The molecule has 0 aliphatic heterocycles. The lowest BCUT2D eigenvalue weighted by Crippen LogP contribution is -2.18. The van der Waals surface area contributed by atoms with Crippen LogP contribution in [0.15, 0.2) is 24.3 Å². The standard InChI is InChI=1S/C13H16ClN3OS/c1-18-6-5-15-9-13-17-16-12(19-13)8-10-3-2-4-11(14)7-10/h2-4,7,15H,5-6,8-9H2,1H3. The summed E-state index contributed by atoms with van der Waals surface area (Å²) in [5.74, 6) is 0. The van der Waals surface area contributed by atoms with E-state index in [4.69, 9.17) is 16.3 Å². The van der Waals surface area contributed by atoms with E-state index in [2.05, 4.69) is 15.5 Å². The van der Waals surface area contributed by atoms with Crippen LogP contribution in [0.5, 0.6) is 0 Å². The normalized spacial score (nSPS) is 10.8.